The van der Waals surface area contributed by atoms with Crippen molar-refractivity contribution in [2.45, 2.75) is 63.6 Å². The molecule has 7 nitrogen and oxygen atoms in total. The van der Waals surface area contributed by atoms with E-state index in [1.54, 1.807) is 7.05 Å². The molecule has 1 saturated carbocycles. The smallest absolute Gasteiger partial charge is 0.399 e. The third-order valence-electron chi connectivity index (χ3n) is 6.12. The highest BCUT2D eigenvalue weighted by molar-refractivity contribution is 6.62. The number of nitrogens with zero attached hydrogens (tertiary/aromatic N) is 1. The number of nitro groups is 1. The Morgan fingerprint density at radius 1 is 1.19 bits per heavy atom. The van der Waals surface area contributed by atoms with E-state index in [0.717, 1.165) is 12.7 Å². The zero-order valence-corrected chi connectivity index (χ0v) is 15.9. The number of carbonyl (C=O) groups excluding carboxylic acids is 1. The lowest BCUT2D eigenvalue weighted by atomic mass is 9.63. The summed E-state index contributed by atoms with van der Waals surface area (Å²) < 4.78 is 12.1. The highest BCUT2D eigenvalue weighted by atomic mass is 16.7. The minimum Gasteiger partial charge on any atom is -0.399 e. The van der Waals surface area contributed by atoms with E-state index in [1.807, 2.05) is 33.8 Å². The molecule has 0 unspecified atom stereocenters. The Balaban J connectivity index is 2.15. The Kier molecular flexibility index (Phi) is 4.39. The molecule has 1 aliphatic heterocycles. The summed E-state index contributed by atoms with van der Waals surface area (Å²) in [7, 11) is 0.921. The minimum absolute atomic E-state index is 0.0668. The summed E-state index contributed by atoms with van der Waals surface area (Å²) in [4.78, 5) is 23.1. The average molecular weight is 360 g/mol. The van der Waals surface area contributed by atoms with Crippen molar-refractivity contribution >= 4 is 30.2 Å². The van der Waals surface area contributed by atoms with Crippen LogP contribution in [-0.2, 0) is 19.5 Å². The molecule has 0 atom stereocenters. The first-order valence-electron chi connectivity index (χ1n) is 8.89. The van der Waals surface area contributed by atoms with Crippen molar-refractivity contribution < 1.29 is 19.0 Å². The summed E-state index contributed by atoms with van der Waals surface area (Å²) in [5.41, 5.74) is -0.231. The number of anilines is 1. The fourth-order valence-electron chi connectivity index (χ4n) is 3.57. The van der Waals surface area contributed by atoms with Gasteiger partial charge in [0, 0.05) is 13.1 Å². The zero-order valence-electron chi connectivity index (χ0n) is 15.9. The molecular weight excluding hydrogens is 335 g/mol. The van der Waals surface area contributed by atoms with Crippen LogP contribution in [0, 0.1) is 10.1 Å². The van der Waals surface area contributed by atoms with Gasteiger partial charge >= 0.3 is 7.12 Å². The Labute approximate surface area is 153 Å². The molecule has 0 amide bonds. The first-order chi connectivity index (χ1) is 12.1. The lowest BCUT2D eigenvalue weighted by Gasteiger charge is -2.38. The summed E-state index contributed by atoms with van der Waals surface area (Å²) in [5, 5.41) is 14.6. The highest BCUT2D eigenvalue weighted by Gasteiger charge is 2.52. The summed E-state index contributed by atoms with van der Waals surface area (Å²) in [6, 6.07) is 3.31. The van der Waals surface area contributed by atoms with Crippen LogP contribution in [0.2, 0.25) is 0 Å². The van der Waals surface area contributed by atoms with E-state index in [0.29, 0.717) is 29.6 Å². The number of nitrogens with one attached hydrogen (secondary N) is 1. The van der Waals surface area contributed by atoms with Gasteiger partial charge in [0.2, 0.25) is 0 Å². The maximum Gasteiger partial charge on any atom is 0.495 e. The molecular formula is C18H25BN2O5. The van der Waals surface area contributed by atoms with Gasteiger partial charge in [0.1, 0.15) is 12.0 Å². The van der Waals surface area contributed by atoms with E-state index < -0.39 is 28.7 Å². The second kappa shape index (κ2) is 6.06. The Hall–Kier alpha value is -1.93. The zero-order chi connectivity index (χ0) is 19.3. The monoisotopic (exact) mass is 360 g/mol. The lowest BCUT2D eigenvalue weighted by molar-refractivity contribution is -0.383. The average Bonchev–Trinajstić information content (AvgIpc) is 2.74. The number of carbonyl (C=O) groups is 1. The lowest BCUT2D eigenvalue weighted by Crippen LogP contribution is -2.41. The Bertz CT molecular complexity index is 742. The van der Waals surface area contributed by atoms with Gasteiger partial charge in [-0.15, -0.1) is 0 Å². The van der Waals surface area contributed by atoms with Crippen LogP contribution < -0.4 is 10.8 Å². The summed E-state index contributed by atoms with van der Waals surface area (Å²) in [6.07, 6.45) is 3.23. The molecule has 3 rings (SSSR count). The van der Waals surface area contributed by atoms with E-state index in [4.69, 9.17) is 9.31 Å². The van der Waals surface area contributed by atoms with Gasteiger partial charge in [-0.2, -0.15) is 0 Å². The van der Waals surface area contributed by atoms with Crippen molar-refractivity contribution in [2.75, 3.05) is 12.4 Å². The first-order valence-corrected chi connectivity index (χ1v) is 8.89. The van der Waals surface area contributed by atoms with Crippen LogP contribution in [0.15, 0.2) is 12.1 Å². The molecule has 1 aromatic rings. The molecule has 26 heavy (non-hydrogen) atoms. The number of hydrogen-bond acceptors (Lipinski definition) is 6. The molecule has 1 N–H and O–H groups in total. The molecule has 1 aromatic carbocycles. The molecule has 0 aromatic heterocycles. The van der Waals surface area contributed by atoms with Crippen molar-refractivity contribution in [3.05, 3.63) is 27.8 Å². The minimum atomic E-state index is -0.716. The van der Waals surface area contributed by atoms with Gasteiger partial charge < -0.3 is 19.4 Å². The number of hydrogen-bond donors (Lipinski definition) is 1. The van der Waals surface area contributed by atoms with E-state index in [1.165, 1.54) is 6.07 Å². The molecule has 0 spiro atoms. The van der Waals surface area contributed by atoms with Crippen LogP contribution in [0.3, 0.4) is 0 Å². The summed E-state index contributed by atoms with van der Waals surface area (Å²) in [6.45, 7) is 7.73. The van der Waals surface area contributed by atoms with Crippen molar-refractivity contribution in [1.29, 1.82) is 0 Å². The van der Waals surface area contributed by atoms with Gasteiger partial charge in [0.15, 0.2) is 0 Å². The van der Waals surface area contributed by atoms with Crippen molar-refractivity contribution in [2.24, 2.45) is 0 Å². The van der Waals surface area contributed by atoms with Gasteiger partial charge in [-0.05, 0) is 51.6 Å². The molecule has 0 radical (unpaired) electrons. The third-order valence-corrected chi connectivity index (χ3v) is 6.12. The summed E-state index contributed by atoms with van der Waals surface area (Å²) in [5.74, 6) is 0. The van der Waals surface area contributed by atoms with Gasteiger partial charge in [-0.3, -0.25) is 10.1 Å². The standard InChI is InChI=1S/C18H25BN2O5/c1-16(2)17(3,4)26-19(25-16)12-9-13(18(11-22)7-6-8-18)15(20-5)14(10-12)21(23)24/h9-11,20H,6-8H2,1-5H3. The van der Waals surface area contributed by atoms with Crippen molar-refractivity contribution in [1.82, 2.24) is 0 Å². The molecule has 2 fully saturated rings. The van der Waals surface area contributed by atoms with Crippen LogP contribution in [0.1, 0.15) is 52.5 Å². The maximum atomic E-state index is 11.8. The quantitative estimate of drug-likeness (QED) is 0.376. The predicted molar refractivity (Wildman–Crippen MR) is 100.0 cm³/mol. The molecule has 1 saturated heterocycles. The van der Waals surface area contributed by atoms with E-state index in [2.05, 4.69) is 5.32 Å². The van der Waals surface area contributed by atoms with Crippen LogP contribution in [0.25, 0.3) is 0 Å². The fraction of sp³-hybridized carbons (Fsp3) is 0.611. The van der Waals surface area contributed by atoms with Crippen LogP contribution in [-0.4, -0.2) is 36.6 Å². The van der Waals surface area contributed by atoms with Crippen LogP contribution in [0.5, 0.6) is 0 Å². The predicted octanol–water partition coefficient (Wildman–Crippen LogP) is 2.56. The molecule has 140 valence electrons. The van der Waals surface area contributed by atoms with Gasteiger partial charge in [-0.25, -0.2) is 0 Å². The van der Waals surface area contributed by atoms with E-state index >= 15 is 0 Å². The highest BCUT2D eigenvalue weighted by Crippen LogP contribution is 2.47. The normalized spacial score (nSPS) is 22.6. The Morgan fingerprint density at radius 3 is 2.15 bits per heavy atom. The van der Waals surface area contributed by atoms with E-state index in [-0.39, 0.29) is 5.69 Å². The third kappa shape index (κ3) is 2.72. The van der Waals surface area contributed by atoms with Crippen molar-refractivity contribution in [3.63, 3.8) is 0 Å². The number of aldehydes is 1. The number of benzene rings is 1. The number of nitro benzene ring substituents is 1. The largest absolute Gasteiger partial charge is 0.495 e. The van der Waals surface area contributed by atoms with Crippen LogP contribution in [0.4, 0.5) is 11.4 Å². The fourth-order valence-corrected chi connectivity index (χ4v) is 3.57. The SMILES string of the molecule is CNc1c([N+](=O)[O-])cc(B2OC(C)(C)C(C)(C)O2)cc1C1(C=O)CCC1. The second-order valence-corrected chi connectivity index (χ2v) is 8.19. The molecule has 0 bridgehead atoms. The Morgan fingerprint density at radius 2 is 1.77 bits per heavy atom. The first kappa shape index (κ1) is 18.9. The van der Waals surface area contributed by atoms with Gasteiger partial charge in [0.25, 0.3) is 5.69 Å². The molecule has 2 aliphatic rings. The van der Waals surface area contributed by atoms with Crippen molar-refractivity contribution in [3.8, 4) is 0 Å². The molecule has 1 aliphatic carbocycles. The van der Waals surface area contributed by atoms with Gasteiger partial charge in [-0.1, -0.05) is 12.5 Å². The second-order valence-electron chi connectivity index (χ2n) is 8.19. The number of rotatable bonds is 5. The van der Waals surface area contributed by atoms with E-state index in [9.17, 15) is 14.9 Å². The molecule has 1 heterocycles. The summed E-state index contributed by atoms with van der Waals surface area (Å²) >= 11 is 0. The maximum absolute atomic E-state index is 11.8. The van der Waals surface area contributed by atoms with Gasteiger partial charge in [0.05, 0.1) is 21.5 Å². The van der Waals surface area contributed by atoms with Crippen LogP contribution >= 0.6 is 0 Å². The topological polar surface area (TPSA) is 90.7 Å². The molecule has 8 heteroatoms.